The van der Waals surface area contributed by atoms with Crippen LogP contribution in [0.1, 0.15) is 0 Å². The lowest BCUT2D eigenvalue weighted by Crippen LogP contribution is -2.18. The van der Waals surface area contributed by atoms with Crippen LogP contribution in [0.2, 0.25) is 5.28 Å². The van der Waals surface area contributed by atoms with Gasteiger partial charge in [0, 0.05) is 39.1 Å². The molecule has 388 valence electrons. The van der Waals surface area contributed by atoms with Crippen LogP contribution in [-0.4, -0.2) is 29.9 Å². The Bertz CT molecular complexity index is 3810. The van der Waals surface area contributed by atoms with Gasteiger partial charge in [0.1, 0.15) is 0 Å². The number of hydrogen-bond donors (Lipinski definition) is 1. The van der Waals surface area contributed by atoms with E-state index in [2.05, 4.69) is 125 Å². The van der Waals surface area contributed by atoms with E-state index in [1.807, 2.05) is 199 Å². The lowest BCUT2D eigenvalue weighted by molar-refractivity contribution is 1.02. The van der Waals surface area contributed by atoms with Crippen molar-refractivity contribution in [2.75, 3.05) is 10.6 Å². The maximum atomic E-state index is 6.03. The Labute approximate surface area is 477 Å². The van der Waals surface area contributed by atoms with Crippen molar-refractivity contribution in [3.05, 3.63) is 315 Å². The molecule has 0 aliphatic carbocycles. The van der Waals surface area contributed by atoms with Crippen molar-refractivity contribution in [3.8, 4) is 89.8 Å². The van der Waals surface area contributed by atoms with E-state index in [9.17, 15) is 0 Å². The van der Waals surface area contributed by atoms with Crippen LogP contribution < -0.4 is 10.6 Å². The number of halogens is 1. The molecule has 0 spiro atoms. The zero-order chi connectivity index (χ0) is 55.0. The van der Waals surface area contributed by atoms with E-state index in [4.69, 9.17) is 37.3 Å². The molecule has 8 nitrogen and oxygen atoms in total. The molecular formula is C72H53ClN8. The van der Waals surface area contributed by atoms with Crippen LogP contribution in [0.25, 0.3) is 89.8 Å². The zero-order valence-corrected chi connectivity index (χ0v) is 44.8. The van der Waals surface area contributed by atoms with Crippen LogP contribution in [0.5, 0.6) is 0 Å². The van der Waals surface area contributed by atoms with Gasteiger partial charge in [-0.05, 0) is 76.3 Å². The van der Waals surface area contributed by atoms with Gasteiger partial charge in [-0.25, -0.2) is 34.8 Å². The minimum Gasteiger partial charge on any atom is -0.399 e. The van der Waals surface area contributed by atoms with E-state index >= 15 is 0 Å². The Balaban J connectivity index is 0.000000174. The second-order valence-corrected chi connectivity index (χ2v) is 19.1. The molecule has 0 saturated carbocycles. The highest BCUT2D eigenvalue weighted by molar-refractivity contribution is 6.28. The average molecular weight is 1070 g/mol. The van der Waals surface area contributed by atoms with E-state index in [-0.39, 0.29) is 5.28 Å². The molecule has 3 heterocycles. The fourth-order valence-corrected chi connectivity index (χ4v) is 9.33. The Morgan fingerprint density at radius 1 is 0.235 bits per heavy atom. The lowest BCUT2D eigenvalue weighted by Gasteiger charge is -2.24. The predicted octanol–water partition coefficient (Wildman–Crippen LogP) is 18.5. The van der Waals surface area contributed by atoms with E-state index in [1.165, 1.54) is 11.1 Å². The summed E-state index contributed by atoms with van der Waals surface area (Å²) in [7, 11) is 0. The van der Waals surface area contributed by atoms with Crippen molar-refractivity contribution >= 4 is 34.9 Å². The molecule has 13 rings (SSSR count). The van der Waals surface area contributed by atoms with Crippen LogP contribution in [0.15, 0.2) is 309 Å². The topological polar surface area (TPSA) is 107 Å². The molecule has 9 heteroatoms. The fraction of sp³-hybridized carbons (Fsp3) is 0. The second-order valence-electron chi connectivity index (χ2n) is 18.7. The third-order valence-electron chi connectivity index (χ3n) is 13.2. The number of hydrogen-bond acceptors (Lipinski definition) is 8. The maximum Gasteiger partial charge on any atom is 0.238 e. The van der Waals surface area contributed by atoms with E-state index in [1.54, 1.807) is 0 Å². The van der Waals surface area contributed by atoms with Crippen LogP contribution in [-0.2, 0) is 0 Å². The summed E-state index contributed by atoms with van der Waals surface area (Å²) in [5.41, 5.74) is 22.8. The van der Waals surface area contributed by atoms with Crippen LogP contribution in [0.4, 0.5) is 23.3 Å². The SMILES string of the molecule is Clc1nc(-c2ccccc2)cc(-c2ccccc2)n1.Nc1cccc(-c2ccccc2)c1.c1ccc(-c2cccc(N(c3nc(-c4ccccc4)cc(-c4ccccc4)n3)c3nc(-c4ccccc4)cc(-c4ccccc4)n3)c2)cc1. The van der Waals surface area contributed by atoms with Gasteiger partial charge in [-0.2, -0.15) is 0 Å². The highest BCUT2D eigenvalue weighted by atomic mass is 35.5. The minimum atomic E-state index is 0.264. The van der Waals surface area contributed by atoms with Gasteiger partial charge in [-0.3, -0.25) is 0 Å². The highest BCUT2D eigenvalue weighted by Crippen LogP contribution is 2.38. The van der Waals surface area contributed by atoms with Gasteiger partial charge in [0.05, 0.1) is 39.9 Å². The molecule has 0 fully saturated rings. The monoisotopic (exact) mass is 1060 g/mol. The first-order valence-electron chi connectivity index (χ1n) is 26.5. The Morgan fingerprint density at radius 2 is 0.481 bits per heavy atom. The molecule has 13 aromatic rings. The molecule has 2 N–H and O–H groups in total. The van der Waals surface area contributed by atoms with Crippen LogP contribution in [0.3, 0.4) is 0 Å². The van der Waals surface area contributed by atoms with Gasteiger partial charge in [-0.1, -0.05) is 267 Å². The first-order valence-corrected chi connectivity index (χ1v) is 26.9. The molecule has 0 bridgehead atoms. The predicted molar refractivity (Wildman–Crippen MR) is 334 cm³/mol. The standard InChI is InChI=1S/C44H31N5.C16H11ClN2.C12H11N/c1-6-17-32(18-7-1)37-27-16-28-38(29-37)49(43-45-39(33-19-8-2-9-20-33)30-40(46-43)34-21-10-3-11-22-34)44-47-41(35-23-12-4-13-24-35)31-42(48-44)36-25-14-5-15-26-36;17-16-18-14(12-7-3-1-4-8-12)11-15(19-16)13-9-5-2-6-10-13;13-12-8-4-7-11(9-12)10-5-2-1-3-6-10/h1-31H;1-11H;1-9H,13H2. The van der Waals surface area contributed by atoms with Crippen LogP contribution in [0, 0.1) is 0 Å². The van der Waals surface area contributed by atoms with Crippen molar-refractivity contribution < 1.29 is 0 Å². The molecular weight excluding hydrogens is 1010 g/mol. The number of nitrogen functional groups attached to an aromatic ring is 1. The Morgan fingerprint density at radius 3 is 0.778 bits per heavy atom. The number of anilines is 4. The fourth-order valence-electron chi connectivity index (χ4n) is 9.15. The Kier molecular flexibility index (Phi) is 16.6. The summed E-state index contributed by atoms with van der Waals surface area (Å²) >= 11 is 6.03. The van der Waals surface area contributed by atoms with Gasteiger partial charge >= 0.3 is 0 Å². The lowest BCUT2D eigenvalue weighted by atomic mass is 10.0. The van der Waals surface area contributed by atoms with Gasteiger partial charge in [0.25, 0.3) is 0 Å². The number of nitrogens with two attached hydrogens (primary N) is 1. The Hall–Kier alpha value is -10.7. The summed E-state index contributed by atoms with van der Waals surface area (Å²) in [6, 6.07) is 104. The zero-order valence-electron chi connectivity index (χ0n) is 44.0. The van der Waals surface area contributed by atoms with E-state index < -0.39 is 0 Å². The second kappa shape index (κ2) is 25.7. The van der Waals surface area contributed by atoms with Gasteiger partial charge in [0.2, 0.25) is 17.2 Å². The molecule has 0 amide bonds. The quantitative estimate of drug-likeness (QED) is 0.101. The third kappa shape index (κ3) is 13.4. The van der Waals surface area contributed by atoms with Crippen molar-refractivity contribution in [1.82, 2.24) is 29.9 Å². The molecule has 10 aromatic carbocycles. The number of aromatic nitrogens is 6. The normalized spacial score (nSPS) is 10.6. The van der Waals surface area contributed by atoms with Gasteiger partial charge in [-0.15, -0.1) is 0 Å². The summed E-state index contributed by atoms with van der Waals surface area (Å²) in [6.07, 6.45) is 0. The van der Waals surface area contributed by atoms with Crippen molar-refractivity contribution in [2.24, 2.45) is 0 Å². The minimum absolute atomic E-state index is 0.264. The number of benzene rings is 10. The molecule has 0 atom stereocenters. The third-order valence-corrected chi connectivity index (χ3v) is 13.3. The summed E-state index contributed by atoms with van der Waals surface area (Å²) in [6.45, 7) is 0. The van der Waals surface area contributed by atoms with Gasteiger partial charge < -0.3 is 5.73 Å². The molecule has 0 aliphatic rings. The summed E-state index contributed by atoms with van der Waals surface area (Å²) in [5, 5.41) is 0.264. The summed E-state index contributed by atoms with van der Waals surface area (Å²) in [5.74, 6) is 0.935. The number of rotatable bonds is 11. The first-order chi connectivity index (χ1) is 40.0. The van der Waals surface area contributed by atoms with Gasteiger partial charge in [0.15, 0.2) is 0 Å². The molecule has 0 saturated heterocycles. The molecule has 3 aromatic heterocycles. The van der Waals surface area contributed by atoms with Crippen molar-refractivity contribution in [2.45, 2.75) is 0 Å². The molecule has 0 unspecified atom stereocenters. The summed E-state index contributed by atoms with van der Waals surface area (Å²) in [4.78, 5) is 31.4. The smallest absolute Gasteiger partial charge is 0.238 e. The average Bonchev–Trinajstić information content (AvgIpc) is 3.59. The maximum absolute atomic E-state index is 6.03. The summed E-state index contributed by atoms with van der Waals surface area (Å²) < 4.78 is 0. The largest absolute Gasteiger partial charge is 0.399 e. The van der Waals surface area contributed by atoms with E-state index in [0.29, 0.717) is 11.9 Å². The number of nitrogens with zero attached hydrogens (tertiary/aromatic N) is 7. The van der Waals surface area contributed by atoms with Crippen molar-refractivity contribution in [3.63, 3.8) is 0 Å². The van der Waals surface area contributed by atoms with E-state index in [0.717, 1.165) is 90.0 Å². The first kappa shape index (κ1) is 52.4. The van der Waals surface area contributed by atoms with Crippen molar-refractivity contribution in [1.29, 1.82) is 0 Å². The molecule has 81 heavy (non-hydrogen) atoms. The van der Waals surface area contributed by atoms with Crippen LogP contribution >= 0.6 is 11.6 Å². The molecule has 0 radical (unpaired) electrons. The highest BCUT2D eigenvalue weighted by Gasteiger charge is 2.23. The molecule has 0 aliphatic heterocycles.